The maximum absolute atomic E-state index is 12.7. The molecular formula is C19H14ClN3O4S. The molecule has 0 unspecified atom stereocenters. The minimum atomic E-state index is -0.691. The molecule has 0 aliphatic carbocycles. The molecule has 0 aliphatic heterocycles. The summed E-state index contributed by atoms with van der Waals surface area (Å²) in [6.45, 7) is 2.52. The Morgan fingerprint density at radius 2 is 2.21 bits per heavy atom. The summed E-state index contributed by atoms with van der Waals surface area (Å²) >= 11 is 7.32. The van der Waals surface area contributed by atoms with Crippen molar-refractivity contribution >= 4 is 44.7 Å². The smallest absolute Gasteiger partial charge is 0.281 e. The third-order valence-corrected chi connectivity index (χ3v) is 5.17. The topological polar surface area (TPSA) is 86.7 Å². The number of carbonyl (C=O) groups excluding carboxylic acids is 1. The summed E-state index contributed by atoms with van der Waals surface area (Å²) < 4.78 is 8.21. The van der Waals surface area contributed by atoms with Crippen LogP contribution in [-0.4, -0.2) is 22.0 Å². The number of benzene rings is 2. The number of nitro benzene ring substituents is 1. The van der Waals surface area contributed by atoms with E-state index in [1.54, 1.807) is 4.57 Å². The molecule has 28 heavy (non-hydrogen) atoms. The van der Waals surface area contributed by atoms with Gasteiger partial charge in [-0.3, -0.25) is 14.9 Å². The van der Waals surface area contributed by atoms with Gasteiger partial charge in [0.2, 0.25) is 0 Å². The molecule has 1 amide bonds. The van der Waals surface area contributed by atoms with E-state index in [1.165, 1.54) is 23.5 Å². The number of halogens is 1. The number of thiazole rings is 1. The van der Waals surface area contributed by atoms with Gasteiger partial charge in [-0.2, -0.15) is 4.99 Å². The first-order valence-corrected chi connectivity index (χ1v) is 9.37. The van der Waals surface area contributed by atoms with Crippen LogP contribution >= 0.6 is 22.9 Å². The van der Waals surface area contributed by atoms with Gasteiger partial charge in [-0.15, -0.1) is 6.42 Å². The fraction of sp³-hybridized carbons (Fsp3) is 0.158. The van der Waals surface area contributed by atoms with E-state index >= 15 is 0 Å². The Hall–Kier alpha value is -3.15. The van der Waals surface area contributed by atoms with Gasteiger partial charge in [0.05, 0.1) is 33.4 Å². The van der Waals surface area contributed by atoms with Gasteiger partial charge in [-0.1, -0.05) is 34.9 Å². The van der Waals surface area contributed by atoms with Crippen LogP contribution < -0.4 is 9.54 Å². The van der Waals surface area contributed by atoms with Crippen LogP contribution in [0.1, 0.15) is 17.3 Å². The molecule has 0 saturated heterocycles. The van der Waals surface area contributed by atoms with Crippen LogP contribution in [0.25, 0.3) is 10.2 Å². The first kappa shape index (κ1) is 19.6. The van der Waals surface area contributed by atoms with Gasteiger partial charge in [-0.05, 0) is 25.1 Å². The average Bonchev–Trinajstić information content (AvgIpc) is 3.00. The Kier molecular flexibility index (Phi) is 5.78. The quantitative estimate of drug-likeness (QED) is 0.357. The number of nitro groups is 1. The lowest BCUT2D eigenvalue weighted by molar-refractivity contribution is -0.384. The van der Waals surface area contributed by atoms with Crippen molar-refractivity contribution in [3.63, 3.8) is 0 Å². The Bertz CT molecular complexity index is 1190. The molecule has 7 nitrogen and oxygen atoms in total. The highest BCUT2D eigenvalue weighted by Gasteiger charge is 2.17. The Balaban J connectivity index is 2.19. The Morgan fingerprint density at radius 1 is 1.43 bits per heavy atom. The molecule has 0 fully saturated rings. The maximum Gasteiger partial charge on any atom is 0.281 e. The fourth-order valence-electron chi connectivity index (χ4n) is 2.63. The minimum Gasteiger partial charge on any atom is -0.492 e. The number of carbonyl (C=O) groups is 1. The van der Waals surface area contributed by atoms with Crippen LogP contribution in [0.4, 0.5) is 5.69 Å². The first-order chi connectivity index (χ1) is 13.5. The van der Waals surface area contributed by atoms with Crippen molar-refractivity contribution in [3.05, 3.63) is 61.9 Å². The van der Waals surface area contributed by atoms with Gasteiger partial charge in [-0.25, -0.2) is 0 Å². The number of nitrogens with zero attached hydrogens (tertiary/aromatic N) is 3. The van der Waals surface area contributed by atoms with E-state index < -0.39 is 10.8 Å². The SMILES string of the molecule is C#CCn1c(=NC(=O)c2cc([N+](=O)[O-])ccc2Cl)sc2cccc(OCC)c21. The van der Waals surface area contributed by atoms with E-state index in [0.29, 0.717) is 17.2 Å². The number of amides is 1. The van der Waals surface area contributed by atoms with Crippen molar-refractivity contribution in [2.75, 3.05) is 6.61 Å². The largest absolute Gasteiger partial charge is 0.492 e. The predicted molar refractivity (Wildman–Crippen MR) is 108 cm³/mol. The number of non-ortho nitro benzene ring substituents is 1. The summed E-state index contributed by atoms with van der Waals surface area (Å²) in [5, 5.41) is 11.1. The molecule has 1 aromatic heterocycles. The lowest BCUT2D eigenvalue weighted by Crippen LogP contribution is -2.17. The zero-order valence-electron chi connectivity index (χ0n) is 14.7. The van der Waals surface area contributed by atoms with Gasteiger partial charge in [0.25, 0.3) is 11.6 Å². The Labute approximate surface area is 169 Å². The number of aromatic nitrogens is 1. The monoisotopic (exact) mass is 415 g/mol. The van der Waals surface area contributed by atoms with Crippen LogP contribution in [-0.2, 0) is 6.54 Å². The molecular weight excluding hydrogens is 402 g/mol. The number of hydrogen-bond acceptors (Lipinski definition) is 5. The second kappa shape index (κ2) is 8.25. The van der Waals surface area contributed by atoms with Crippen molar-refractivity contribution in [1.82, 2.24) is 4.57 Å². The number of para-hydroxylation sites is 1. The van der Waals surface area contributed by atoms with Crippen molar-refractivity contribution in [2.45, 2.75) is 13.5 Å². The first-order valence-electron chi connectivity index (χ1n) is 8.17. The molecule has 0 spiro atoms. The van der Waals surface area contributed by atoms with E-state index in [9.17, 15) is 14.9 Å². The maximum atomic E-state index is 12.7. The summed E-state index contributed by atoms with van der Waals surface area (Å²) in [6, 6.07) is 9.17. The highest BCUT2D eigenvalue weighted by atomic mass is 35.5. The summed E-state index contributed by atoms with van der Waals surface area (Å²) in [5.41, 5.74) is 0.448. The van der Waals surface area contributed by atoms with E-state index in [-0.39, 0.29) is 22.8 Å². The average molecular weight is 416 g/mol. The molecule has 142 valence electrons. The van der Waals surface area contributed by atoms with E-state index in [4.69, 9.17) is 22.8 Å². The lowest BCUT2D eigenvalue weighted by Gasteiger charge is -2.07. The lowest BCUT2D eigenvalue weighted by atomic mass is 10.2. The van der Waals surface area contributed by atoms with Gasteiger partial charge in [0.1, 0.15) is 11.3 Å². The summed E-state index contributed by atoms with van der Waals surface area (Å²) in [6.07, 6.45) is 5.49. The Morgan fingerprint density at radius 3 is 2.89 bits per heavy atom. The third kappa shape index (κ3) is 3.76. The molecule has 0 aliphatic rings. The number of terminal acetylenes is 1. The van der Waals surface area contributed by atoms with Crippen LogP contribution in [0.2, 0.25) is 5.02 Å². The van der Waals surface area contributed by atoms with Crippen LogP contribution in [0.5, 0.6) is 5.75 Å². The van der Waals surface area contributed by atoms with Crippen LogP contribution in [0.3, 0.4) is 0 Å². The number of ether oxygens (including phenoxy) is 1. The van der Waals surface area contributed by atoms with E-state index in [2.05, 4.69) is 10.9 Å². The molecule has 0 atom stereocenters. The van der Waals surface area contributed by atoms with Crippen LogP contribution in [0.15, 0.2) is 41.4 Å². The molecule has 0 radical (unpaired) electrons. The van der Waals surface area contributed by atoms with Crippen molar-refractivity contribution in [2.24, 2.45) is 4.99 Å². The molecule has 0 bridgehead atoms. The number of fused-ring (bicyclic) bond motifs is 1. The molecule has 9 heteroatoms. The van der Waals surface area contributed by atoms with Gasteiger partial charge in [0.15, 0.2) is 4.80 Å². The van der Waals surface area contributed by atoms with Crippen LogP contribution in [0, 0.1) is 22.5 Å². The second-order valence-electron chi connectivity index (χ2n) is 5.55. The zero-order valence-corrected chi connectivity index (χ0v) is 16.3. The highest BCUT2D eigenvalue weighted by Crippen LogP contribution is 2.28. The van der Waals surface area contributed by atoms with Crippen molar-refractivity contribution in [3.8, 4) is 18.1 Å². The molecule has 3 aromatic rings. The molecule has 1 heterocycles. The van der Waals surface area contributed by atoms with E-state index in [0.717, 1.165) is 16.3 Å². The number of hydrogen-bond donors (Lipinski definition) is 0. The molecule has 3 rings (SSSR count). The summed E-state index contributed by atoms with van der Waals surface area (Å²) in [7, 11) is 0. The van der Waals surface area contributed by atoms with Gasteiger partial charge >= 0.3 is 0 Å². The van der Waals surface area contributed by atoms with Gasteiger partial charge < -0.3 is 9.30 Å². The molecule has 2 aromatic carbocycles. The summed E-state index contributed by atoms with van der Waals surface area (Å²) in [5.74, 6) is 2.49. The highest BCUT2D eigenvalue weighted by molar-refractivity contribution is 7.16. The summed E-state index contributed by atoms with van der Waals surface area (Å²) in [4.78, 5) is 27.6. The standard InChI is InChI=1S/C19H14ClN3O4S/c1-3-10-22-17-15(27-4-2)6-5-7-16(17)28-19(22)21-18(24)13-11-12(23(25)26)8-9-14(13)20/h1,5-9,11H,4,10H2,2H3. The number of rotatable bonds is 5. The zero-order chi connectivity index (χ0) is 20.3. The third-order valence-electron chi connectivity index (χ3n) is 3.80. The van der Waals surface area contributed by atoms with Crippen molar-refractivity contribution in [1.29, 1.82) is 0 Å². The van der Waals surface area contributed by atoms with Crippen molar-refractivity contribution < 1.29 is 14.5 Å². The molecule has 0 N–H and O–H groups in total. The van der Waals surface area contributed by atoms with Gasteiger partial charge in [0, 0.05) is 12.1 Å². The molecule has 0 saturated carbocycles. The fourth-order valence-corrected chi connectivity index (χ4v) is 3.87. The van der Waals surface area contributed by atoms with E-state index in [1.807, 2.05) is 25.1 Å². The second-order valence-corrected chi connectivity index (χ2v) is 6.97. The normalized spacial score (nSPS) is 11.4. The minimum absolute atomic E-state index is 0.0504. The predicted octanol–water partition coefficient (Wildman–Crippen LogP) is 4.04.